The second kappa shape index (κ2) is 9.34. The summed E-state index contributed by atoms with van der Waals surface area (Å²) in [4.78, 5) is 19.8. The van der Waals surface area contributed by atoms with Gasteiger partial charge < -0.3 is 15.0 Å². The molecule has 1 saturated heterocycles. The summed E-state index contributed by atoms with van der Waals surface area (Å²) in [6.07, 6.45) is -3.02. The molecule has 0 aliphatic carbocycles. The Kier molecular flexibility index (Phi) is 6.36. The van der Waals surface area contributed by atoms with Crippen LogP contribution in [0.3, 0.4) is 0 Å². The Bertz CT molecular complexity index is 1300. The van der Waals surface area contributed by atoms with Gasteiger partial charge in [-0.2, -0.15) is 18.2 Å². The average Bonchev–Trinajstić information content (AvgIpc) is 3.47. The molecule has 11 heteroatoms. The van der Waals surface area contributed by atoms with Gasteiger partial charge in [-0.25, -0.2) is 0 Å². The van der Waals surface area contributed by atoms with Gasteiger partial charge in [-0.05, 0) is 37.0 Å². The molecule has 5 rings (SSSR count). The molecule has 0 radical (unpaired) electrons. The third-order valence-corrected chi connectivity index (χ3v) is 7.07. The molecule has 0 bridgehead atoms. The molecule has 3 aromatic rings. The number of hydrogen-bond donors (Lipinski definition) is 1. The van der Waals surface area contributed by atoms with Crippen LogP contribution in [0.5, 0.6) is 0 Å². The Morgan fingerprint density at radius 1 is 1.19 bits per heavy atom. The molecule has 1 aromatic carbocycles. The fraction of sp³-hybridized carbons (Fsp3) is 0.520. The molecule has 36 heavy (non-hydrogen) atoms. The van der Waals surface area contributed by atoms with Crippen LogP contribution in [-0.4, -0.2) is 43.6 Å². The van der Waals surface area contributed by atoms with Crippen molar-refractivity contribution >= 4 is 17.5 Å². The van der Waals surface area contributed by atoms with Crippen molar-refractivity contribution in [2.45, 2.75) is 65.3 Å². The lowest BCUT2D eigenvalue weighted by Crippen LogP contribution is -2.35. The van der Waals surface area contributed by atoms with Gasteiger partial charge in [0, 0.05) is 37.2 Å². The molecule has 8 nitrogen and oxygen atoms in total. The lowest BCUT2D eigenvalue weighted by atomic mass is 9.99. The smallest absolute Gasteiger partial charge is 0.381 e. The standard InChI is InChI=1S/C25H29F3N6O2/c1-14(2)22-31-32-24-30-21(29-11-17-5-4-6-19(15(17)3)25(26,27)28)18-12-33(13-20(18)34(22)24)23(35)16-7-9-36-10-8-16/h4-6,14,16H,7-13H2,1-3H3,(H,29,30,32). The minimum atomic E-state index is -4.42. The summed E-state index contributed by atoms with van der Waals surface area (Å²) in [6, 6.07) is 4.17. The summed E-state index contributed by atoms with van der Waals surface area (Å²) in [5, 5.41) is 11.8. The number of alkyl halides is 3. The van der Waals surface area contributed by atoms with E-state index in [9.17, 15) is 18.0 Å². The number of carbonyl (C=O) groups excluding carboxylic acids is 1. The Hall–Kier alpha value is -3.21. The van der Waals surface area contributed by atoms with Crippen LogP contribution < -0.4 is 5.32 Å². The van der Waals surface area contributed by atoms with E-state index in [1.807, 2.05) is 23.1 Å². The summed E-state index contributed by atoms with van der Waals surface area (Å²) >= 11 is 0. The molecule has 0 saturated carbocycles. The highest BCUT2D eigenvalue weighted by atomic mass is 19.4. The van der Waals surface area contributed by atoms with Crippen LogP contribution in [0, 0.1) is 12.8 Å². The first-order valence-electron chi connectivity index (χ1n) is 12.2. The first-order valence-corrected chi connectivity index (χ1v) is 12.2. The maximum absolute atomic E-state index is 13.4. The molecule has 1 amide bonds. The predicted octanol–water partition coefficient (Wildman–Crippen LogP) is 4.46. The van der Waals surface area contributed by atoms with E-state index in [0.717, 1.165) is 23.1 Å². The first-order chi connectivity index (χ1) is 17.1. The number of rotatable bonds is 5. The van der Waals surface area contributed by atoms with Crippen molar-refractivity contribution < 1.29 is 22.7 Å². The van der Waals surface area contributed by atoms with Crippen LogP contribution in [0.15, 0.2) is 18.2 Å². The lowest BCUT2D eigenvalue weighted by molar-refractivity contribution is -0.139. The fourth-order valence-electron chi connectivity index (χ4n) is 5.06. The van der Waals surface area contributed by atoms with Crippen LogP contribution in [0.4, 0.5) is 19.0 Å². The number of anilines is 1. The quantitative estimate of drug-likeness (QED) is 0.555. The Balaban J connectivity index is 1.49. The monoisotopic (exact) mass is 502 g/mol. The highest BCUT2D eigenvalue weighted by Crippen LogP contribution is 2.35. The molecule has 4 heterocycles. The van der Waals surface area contributed by atoms with E-state index in [2.05, 4.69) is 20.5 Å². The third-order valence-electron chi connectivity index (χ3n) is 7.07. The number of carbonyl (C=O) groups is 1. The molecule has 2 aliphatic heterocycles. The van der Waals surface area contributed by atoms with E-state index in [-0.39, 0.29) is 29.9 Å². The number of nitrogens with zero attached hydrogens (tertiary/aromatic N) is 5. The van der Waals surface area contributed by atoms with Crippen LogP contribution >= 0.6 is 0 Å². The number of aromatic nitrogens is 4. The van der Waals surface area contributed by atoms with Gasteiger partial charge in [-0.3, -0.25) is 9.20 Å². The van der Waals surface area contributed by atoms with Crippen LogP contribution in [0.25, 0.3) is 5.78 Å². The average molecular weight is 503 g/mol. The number of nitrogens with one attached hydrogen (secondary N) is 1. The van der Waals surface area contributed by atoms with E-state index in [4.69, 9.17) is 4.74 Å². The molecule has 0 spiro atoms. The van der Waals surface area contributed by atoms with Gasteiger partial charge in [0.15, 0.2) is 0 Å². The summed E-state index contributed by atoms with van der Waals surface area (Å²) in [7, 11) is 0. The summed E-state index contributed by atoms with van der Waals surface area (Å²) in [5.74, 6) is 1.78. The normalized spacial score (nSPS) is 16.7. The van der Waals surface area contributed by atoms with Gasteiger partial charge in [-0.1, -0.05) is 26.0 Å². The van der Waals surface area contributed by atoms with Crippen molar-refractivity contribution in [2.75, 3.05) is 18.5 Å². The first kappa shape index (κ1) is 24.5. The SMILES string of the molecule is Cc1c(CNc2nc3nnc(C(C)C)n3c3c2CN(C(=O)C2CCOCC2)C3)cccc1C(F)(F)F. The Morgan fingerprint density at radius 3 is 2.64 bits per heavy atom. The molecule has 2 aromatic heterocycles. The zero-order valence-electron chi connectivity index (χ0n) is 20.5. The molecule has 1 fully saturated rings. The zero-order chi connectivity index (χ0) is 25.6. The van der Waals surface area contributed by atoms with Gasteiger partial charge >= 0.3 is 6.18 Å². The van der Waals surface area contributed by atoms with Crippen molar-refractivity contribution in [3.05, 3.63) is 52.0 Å². The minimum absolute atomic E-state index is 0.0776. The van der Waals surface area contributed by atoms with Crippen LogP contribution in [-0.2, 0) is 35.3 Å². The maximum atomic E-state index is 13.4. The number of halogens is 3. The molecule has 1 N–H and O–H groups in total. The topological polar surface area (TPSA) is 84.7 Å². The van der Waals surface area contributed by atoms with Gasteiger partial charge in [0.1, 0.15) is 11.6 Å². The van der Waals surface area contributed by atoms with E-state index < -0.39 is 11.7 Å². The van der Waals surface area contributed by atoms with Crippen molar-refractivity contribution in [3.8, 4) is 0 Å². The van der Waals surface area contributed by atoms with Gasteiger partial charge in [0.05, 0.1) is 24.3 Å². The lowest BCUT2D eigenvalue weighted by Gasteiger charge is -2.26. The Labute approximate surface area is 206 Å². The molecule has 0 unspecified atom stereocenters. The number of ether oxygens (including phenoxy) is 1. The van der Waals surface area contributed by atoms with Gasteiger partial charge in [0.2, 0.25) is 5.91 Å². The van der Waals surface area contributed by atoms with Crippen molar-refractivity contribution in [3.63, 3.8) is 0 Å². The number of benzene rings is 1. The largest absolute Gasteiger partial charge is 0.416 e. The van der Waals surface area contributed by atoms with Crippen LogP contribution in [0.2, 0.25) is 0 Å². The highest BCUT2D eigenvalue weighted by molar-refractivity contribution is 5.80. The predicted molar refractivity (Wildman–Crippen MR) is 126 cm³/mol. The second-order valence-corrected chi connectivity index (χ2v) is 9.76. The number of hydrogen-bond acceptors (Lipinski definition) is 6. The van der Waals surface area contributed by atoms with Crippen molar-refractivity contribution in [1.29, 1.82) is 0 Å². The van der Waals surface area contributed by atoms with Gasteiger partial charge in [0.25, 0.3) is 5.78 Å². The number of amides is 1. The summed E-state index contributed by atoms with van der Waals surface area (Å²) < 4.78 is 47.5. The van der Waals surface area contributed by atoms with E-state index in [1.54, 1.807) is 6.07 Å². The summed E-state index contributed by atoms with van der Waals surface area (Å²) in [5.41, 5.74) is 1.78. The third kappa shape index (κ3) is 4.40. The van der Waals surface area contributed by atoms with Crippen molar-refractivity contribution in [1.82, 2.24) is 24.5 Å². The minimum Gasteiger partial charge on any atom is -0.381 e. The second-order valence-electron chi connectivity index (χ2n) is 9.76. The summed E-state index contributed by atoms with van der Waals surface area (Å²) in [6.45, 7) is 7.60. The Morgan fingerprint density at radius 2 is 1.94 bits per heavy atom. The zero-order valence-corrected chi connectivity index (χ0v) is 20.5. The highest BCUT2D eigenvalue weighted by Gasteiger charge is 2.35. The van der Waals surface area contributed by atoms with E-state index in [0.29, 0.717) is 56.3 Å². The molecule has 2 aliphatic rings. The molecular weight excluding hydrogens is 473 g/mol. The maximum Gasteiger partial charge on any atom is 0.416 e. The fourth-order valence-corrected chi connectivity index (χ4v) is 5.06. The van der Waals surface area contributed by atoms with E-state index in [1.165, 1.54) is 13.0 Å². The molecular formula is C25H29F3N6O2. The van der Waals surface area contributed by atoms with E-state index >= 15 is 0 Å². The van der Waals surface area contributed by atoms with Crippen molar-refractivity contribution in [2.24, 2.45) is 5.92 Å². The molecule has 192 valence electrons. The van der Waals surface area contributed by atoms with Gasteiger partial charge in [-0.15, -0.1) is 10.2 Å². The number of fused-ring (bicyclic) bond motifs is 3. The van der Waals surface area contributed by atoms with Crippen LogP contribution in [0.1, 0.15) is 66.4 Å². The molecule has 0 atom stereocenters.